The maximum atomic E-state index is 13.1. The summed E-state index contributed by atoms with van der Waals surface area (Å²) in [6, 6.07) is 1.09. The van der Waals surface area contributed by atoms with Crippen LogP contribution in [0, 0.1) is 5.82 Å². The standard InChI is InChI=1S/C11H8ClFN2O3/c1-2-18-11(17)7-8(12)6-3-5(13)4-14-9(6)15-10(7)16/h3-4H,2H2,1H3,(H,14,15,16). The summed E-state index contributed by atoms with van der Waals surface area (Å²) >= 11 is 5.92. The number of ether oxygens (including phenoxy) is 1. The summed E-state index contributed by atoms with van der Waals surface area (Å²) < 4.78 is 17.8. The van der Waals surface area contributed by atoms with Gasteiger partial charge in [-0.1, -0.05) is 11.6 Å². The summed E-state index contributed by atoms with van der Waals surface area (Å²) in [7, 11) is 0. The predicted molar refractivity (Wildman–Crippen MR) is 63.3 cm³/mol. The number of nitrogens with zero attached hydrogens (tertiary/aromatic N) is 1. The van der Waals surface area contributed by atoms with E-state index < -0.39 is 17.3 Å². The zero-order chi connectivity index (χ0) is 13.3. The number of carbonyl (C=O) groups excluding carboxylic acids is 1. The first-order chi connectivity index (χ1) is 8.54. The number of fused-ring (bicyclic) bond motifs is 1. The lowest BCUT2D eigenvalue weighted by molar-refractivity contribution is 0.0524. The molecule has 5 nitrogen and oxygen atoms in total. The molecule has 0 atom stereocenters. The molecule has 94 valence electrons. The van der Waals surface area contributed by atoms with Crippen molar-refractivity contribution >= 4 is 28.6 Å². The lowest BCUT2D eigenvalue weighted by Crippen LogP contribution is -2.21. The number of H-pyrrole nitrogens is 1. The van der Waals surface area contributed by atoms with Crippen molar-refractivity contribution in [2.45, 2.75) is 6.92 Å². The normalized spacial score (nSPS) is 10.6. The van der Waals surface area contributed by atoms with Crippen molar-refractivity contribution in [1.82, 2.24) is 9.97 Å². The van der Waals surface area contributed by atoms with Crippen LogP contribution in [0.15, 0.2) is 17.1 Å². The highest BCUT2D eigenvalue weighted by Crippen LogP contribution is 2.23. The Morgan fingerprint density at radius 3 is 3.00 bits per heavy atom. The number of carbonyl (C=O) groups is 1. The fourth-order valence-corrected chi connectivity index (χ4v) is 1.80. The SMILES string of the molecule is CCOC(=O)c1c(Cl)c2cc(F)cnc2[nH]c1=O. The minimum absolute atomic E-state index is 0.105. The topological polar surface area (TPSA) is 72.0 Å². The average molecular weight is 271 g/mol. The quantitative estimate of drug-likeness (QED) is 0.846. The van der Waals surface area contributed by atoms with Gasteiger partial charge < -0.3 is 9.72 Å². The fraction of sp³-hybridized carbons (Fsp3) is 0.182. The minimum atomic E-state index is -0.852. The first-order valence-electron chi connectivity index (χ1n) is 5.08. The lowest BCUT2D eigenvalue weighted by atomic mass is 10.2. The van der Waals surface area contributed by atoms with E-state index in [1.807, 2.05) is 0 Å². The van der Waals surface area contributed by atoms with Gasteiger partial charge in [0.15, 0.2) is 0 Å². The molecule has 0 unspecified atom stereocenters. The number of hydrogen-bond acceptors (Lipinski definition) is 4. The molecule has 2 aromatic rings. The Bertz CT molecular complexity index is 684. The Morgan fingerprint density at radius 2 is 2.33 bits per heavy atom. The second-order valence-corrected chi connectivity index (χ2v) is 3.79. The molecule has 0 fully saturated rings. The second kappa shape index (κ2) is 4.73. The van der Waals surface area contributed by atoms with Gasteiger partial charge in [0.1, 0.15) is 17.0 Å². The van der Waals surface area contributed by atoms with Gasteiger partial charge in [0.2, 0.25) is 0 Å². The number of nitrogens with one attached hydrogen (secondary N) is 1. The number of halogens is 2. The molecule has 0 aliphatic carbocycles. The summed E-state index contributed by atoms with van der Waals surface area (Å²) in [5.41, 5.74) is -0.956. The maximum absolute atomic E-state index is 13.1. The molecule has 2 aromatic heterocycles. The zero-order valence-electron chi connectivity index (χ0n) is 9.29. The Morgan fingerprint density at radius 1 is 1.61 bits per heavy atom. The van der Waals surface area contributed by atoms with Crippen LogP contribution in [0.3, 0.4) is 0 Å². The smallest absolute Gasteiger partial charge is 0.345 e. The van der Waals surface area contributed by atoms with Crippen LogP contribution in [0.5, 0.6) is 0 Å². The third-order valence-corrected chi connectivity index (χ3v) is 2.64. The molecule has 0 radical (unpaired) electrons. The van der Waals surface area contributed by atoms with Gasteiger partial charge in [0.05, 0.1) is 17.8 Å². The Kier molecular flexibility index (Phi) is 3.29. The molecule has 7 heteroatoms. The van der Waals surface area contributed by atoms with E-state index in [0.29, 0.717) is 0 Å². The van der Waals surface area contributed by atoms with Crippen LogP contribution < -0.4 is 5.56 Å². The van der Waals surface area contributed by atoms with Crippen molar-refractivity contribution < 1.29 is 13.9 Å². The molecule has 0 aromatic carbocycles. The van der Waals surface area contributed by atoms with Crippen molar-refractivity contribution in [2.75, 3.05) is 6.61 Å². The summed E-state index contributed by atoms with van der Waals surface area (Å²) in [6.45, 7) is 1.70. The number of aromatic amines is 1. The summed E-state index contributed by atoms with van der Waals surface area (Å²) in [4.78, 5) is 29.3. The Labute approximate surface area is 106 Å². The monoisotopic (exact) mass is 270 g/mol. The molecule has 0 saturated carbocycles. The molecule has 0 saturated heterocycles. The molecule has 0 spiro atoms. The number of pyridine rings is 2. The van der Waals surface area contributed by atoms with E-state index in [4.69, 9.17) is 16.3 Å². The molecule has 0 aliphatic rings. The molecule has 0 aliphatic heterocycles. The van der Waals surface area contributed by atoms with Crippen molar-refractivity contribution in [1.29, 1.82) is 0 Å². The Hall–Kier alpha value is -1.95. The van der Waals surface area contributed by atoms with Crippen LogP contribution in [0.1, 0.15) is 17.3 Å². The number of rotatable bonds is 2. The molecule has 0 amide bonds. The summed E-state index contributed by atoms with van der Waals surface area (Å²) in [6.07, 6.45) is 0.943. The fourth-order valence-electron chi connectivity index (χ4n) is 1.50. The van der Waals surface area contributed by atoms with E-state index in [1.165, 1.54) is 0 Å². The minimum Gasteiger partial charge on any atom is -0.462 e. The lowest BCUT2D eigenvalue weighted by Gasteiger charge is -2.05. The van der Waals surface area contributed by atoms with Crippen molar-refractivity contribution in [3.05, 3.63) is 39.0 Å². The number of hydrogen-bond donors (Lipinski definition) is 1. The van der Waals surface area contributed by atoms with Gasteiger partial charge in [-0.05, 0) is 13.0 Å². The third-order valence-electron chi connectivity index (χ3n) is 2.25. The van der Waals surface area contributed by atoms with E-state index >= 15 is 0 Å². The van der Waals surface area contributed by atoms with E-state index in [2.05, 4.69) is 9.97 Å². The van der Waals surface area contributed by atoms with Gasteiger partial charge >= 0.3 is 5.97 Å². The first kappa shape index (κ1) is 12.5. The van der Waals surface area contributed by atoms with Gasteiger partial charge in [-0.2, -0.15) is 0 Å². The van der Waals surface area contributed by atoms with E-state index in [9.17, 15) is 14.0 Å². The van der Waals surface area contributed by atoms with Crippen LogP contribution in [0.2, 0.25) is 5.02 Å². The van der Waals surface area contributed by atoms with Crippen molar-refractivity contribution in [3.63, 3.8) is 0 Å². The Balaban J connectivity index is 2.75. The van der Waals surface area contributed by atoms with Gasteiger partial charge in [0, 0.05) is 5.39 Å². The van der Waals surface area contributed by atoms with Crippen LogP contribution in [0.25, 0.3) is 11.0 Å². The van der Waals surface area contributed by atoms with E-state index in [-0.39, 0.29) is 28.2 Å². The van der Waals surface area contributed by atoms with Crippen molar-refractivity contribution in [2.24, 2.45) is 0 Å². The van der Waals surface area contributed by atoms with Gasteiger partial charge in [-0.15, -0.1) is 0 Å². The molecule has 0 bridgehead atoms. The predicted octanol–water partition coefficient (Wildman–Crippen LogP) is 1.89. The highest BCUT2D eigenvalue weighted by molar-refractivity contribution is 6.38. The highest BCUT2D eigenvalue weighted by Gasteiger charge is 2.19. The highest BCUT2D eigenvalue weighted by atomic mass is 35.5. The van der Waals surface area contributed by atoms with Crippen LogP contribution >= 0.6 is 11.6 Å². The largest absolute Gasteiger partial charge is 0.462 e. The zero-order valence-corrected chi connectivity index (χ0v) is 10.0. The summed E-state index contributed by atoms with van der Waals surface area (Å²) in [5.74, 6) is -1.47. The molecule has 1 N–H and O–H groups in total. The number of esters is 1. The molecule has 18 heavy (non-hydrogen) atoms. The molecular formula is C11H8ClFN2O3. The van der Waals surface area contributed by atoms with E-state index in [1.54, 1.807) is 6.92 Å². The first-order valence-corrected chi connectivity index (χ1v) is 5.46. The van der Waals surface area contributed by atoms with Gasteiger partial charge in [0.25, 0.3) is 5.56 Å². The average Bonchev–Trinajstić information content (AvgIpc) is 2.31. The molecule has 2 rings (SSSR count). The maximum Gasteiger partial charge on any atom is 0.345 e. The summed E-state index contributed by atoms with van der Waals surface area (Å²) in [5, 5.41) is -0.0153. The van der Waals surface area contributed by atoms with E-state index in [0.717, 1.165) is 12.3 Å². The van der Waals surface area contributed by atoms with Crippen molar-refractivity contribution in [3.8, 4) is 0 Å². The number of aromatic nitrogens is 2. The second-order valence-electron chi connectivity index (χ2n) is 3.41. The van der Waals surface area contributed by atoms with Crippen LogP contribution in [-0.4, -0.2) is 22.5 Å². The third kappa shape index (κ3) is 2.06. The van der Waals surface area contributed by atoms with Gasteiger partial charge in [-0.25, -0.2) is 14.2 Å². The molecular weight excluding hydrogens is 263 g/mol. The molecule has 2 heterocycles. The van der Waals surface area contributed by atoms with Gasteiger partial charge in [-0.3, -0.25) is 4.79 Å². The van der Waals surface area contributed by atoms with Crippen LogP contribution in [0.4, 0.5) is 4.39 Å². The van der Waals surface area contributed by atoms with Crippen LogP contribution in [-0.2, 0) is 4.74 Å².